The van der Waals surface area contributed by atoms with Crippen LogP contribution in [-0.2, 0) is 14.0 Å². The van der Waals surface area contributed by atoms with Gasteiger partial charge in [0.1, 0.15) is 5.44 Å². The van der Waals surface area contributed by atoms with E-state index in [1.54, 1.807) is 0 Å². The van der Waals surface area contributed by atoms with Gasteiger partial charge in [-0.1, -0.05) is 20.8 Å². The molecular formula is C16H30O3SSi. The molecule has 1 aliphatic carbocycles. The number of hydrogen-bond acceptors (Lipinski definition) is 4. The smallest absolute Gasteiger partial charge is 0.303 e. The van der Waals surface area contributed by atoms with Gasteiger partial charge in [0, 0.05) is 11.7 Å². The maximum Gasteiger partial charge on any atom is 0.303 e. The molecule has 0 aromatic heterocycles. The van der Waals surface area contributed by atoms with Crippen LogP contribution in [0, 0.1) is 0 Å². The number of carbonyl (C=O) groups is 1. The van der Waals surface area contributed by atoms with Crippen molar-refractivity contribution in [1.82, 2.24) is 0 Å². The monoisotopic (exact) mass is 330 g/mol. The standard InChI is InChI=1S/C16H30O3SSi/c1-12(17)18-14-9-11-16(20-14)10-7-8-13(16)19-21(5,6)15(2,3)4/h13-14H,7-11H2,1-6H3/t13-,14?,16?/m1/s1. The van der Waals surface area contributed by atoms with Gasteiger partial charge in [-0.3, -0.25) is 4.79 Å². The van der Waals surface area contributed by atoms with E-state index in [0.29, 0.717) is 6.10 Å². The molecule has 2 unspecified atom stereocenters. The molecule has 1 saturated heterocycles. The molecule has 1 spiro atoms. The van der Waals surface area contributed by atoms with Crippen LogP contribution >= 0.6 is 11.8 Å². The molecule has 1 heterocycles. The van der Waals surface area contributed by atoms with E-state index in [1.165, 1.54) is 19.8 Å². The minimum Gasteiger partial charge on any atom is -0.451 e. The van der Waals surface area contributed by atoms with Gasteiger partial charge in [-0.05, 0) is 50.2 Å². The van der Waals surface area contributed by atoms with Crippen LogP contribution in [0.3, 0.4) is 0 Å². The Kier molecular flexibility index (Phi) is 4.87. The Hall–Kier alpha value is -0.00312. The highest BCUT2D eigenvalue weighted by atomic mass is 32.2. The Bertz CT molecular complexity index is 405. The van der Waals surface area contributed by atoms with Gasteiger partial charge in [-0.2, -0.15) is 0 Å². The van der Waals surface area contributed by atoms with Gasteiger partial charge < -0.3 is 9.16 Å². The van der Waals surface area contributed by atoms with E-state index in [-0.39, 0.29) is 21.2 Å². The zero-order valence-corrected chi connectivity index (χ0v) is 16.1. The van der Waals surface area contributed by atoms with Crippen molar-refractivity contribution in [3.8, 4) is 0 Å². The molecule has 2 fully saturated rings. The van der Waals surface area contributed by atoms with Crippen LogP contribution in [0.4, 0.5) is 0 Å². The van der Waals surface area contributed by atoms with Gasteiger partial charge in [0.05, 0.1) is 6.10 Å². The van der Waals surface area contributed by atoms with Gasteiger partial charge in [-0.25, -0.2) is 0 Å². The summed E-state index contributed by atoms with van der Waals surface area (Å²) in [5, 5.41) is 0.245. The first-order chi connectivity index (χ1) is 9.56. The van der Waals surface area contributed by atoms with Gasteiger partial charge >= 0.3 is 5.97 Å². The van der Waals surface area contributed by atoms with Gasteiger partial charge in [0.2, 0.25) is 0 Å². The van der Waals surface area contributed by atoms with Gasteiger partial charge in [0.15, 0.2) is 8.32 Å². The highest BCUT2D eigenvalue weighted by Gasteiger charge is 2.53. The van der Waals surface area contributed by atoms with E-state index in [9.17, 15) is 4.79 Å². The summed E-state index contributed by atoms with van der Waals surface area (Å²) in [4.78, 5) is 11.2. The van der Waals surface area contributed by atoms with Gasteiger partial charge in [-0.15, -0.1) is 11.8 Å². The molecule has 0 N–H and O–H groups in total. The predicted molar refractivity (Wildman–Crippen MR) is 91.0 cm³/mol. The van der Waals surface area contributed by atoms with Crippen LogP contribution in [0.1, 0.15) is 59.8 Å². The number of rotatable bonds is 3. The SMILES string of the molecule is CC(=O)OC1CCC2(CCC[C@H]2O[Si](C)(C)C(C)(C)C)S1. The maximum atomic E-state index is 11.2. The minimum absolute atomic E-state index is 0.0334. The van der Waals surface area contributed by atoms with Crippen LogP contribution in [0.25, 0.3) is 0 Å². The molecule has 0 bridgehead atoms. The van der Waals surface area contributed by atoms with Crippen LogP contribution in [0.5, 0.6) is 0 Å². The van der Waals surface area contributed by atoms with E-state index in [2.05, 4.69) is 33.9 Å². The summed E-state index contributed by atoms with van der Waals surface area (Å²) in [6.45, 7) is 13.1. The molecule has 21 heavy (non-hydrogen) atoms. The lowest BCUT2D eigenvalue weighted by molar-refractivity contribution is -0.142. The molecule has 2 rings (SSSR count). The van der Waals surface area contributed by atoms with Crippen molar-refractivity contribution >= 4 is 26.0 Å². The van der Waals surface area contributed by atoms with Crippen molar-refractivity contribution < 1.29 is 14.0 Å². The van der Waals surface area contributed by atoms with Crippen LogP contribution in [0.15, 0.2) is 0 Å². The lowest BCUT2D eigenvalue weighted by Crippen LogP contribution is -2.48. The molecule has 0 aromatic carbocycles. The minimum atomic E-state index is -1.74. The van der Waals surface area contributed by atoms with Crippen molar-refractivity contribution in [3.63, 3.8) is 0 Å². The molecule has 0 radical (unpaired) electrons. The molecule has 122 valence electrons. The van der Waals surface area contributed by atoms with Crippen molar-refractivity contribution in [3.05, 3.63) is 0 Å². The first-order valence-corrected chi connectivity index (χ1v) is 11.9. The molecule has 3 atom stereocenters. The Morgan fingerprint density at radius 2 is 1.90 bits per heavy atom. The third-order valence-corrected chi connectivity index (χ3v) is 11.6. The summed E-state index contributed by atoms with van der Waals surface area (Å²) in [7, 11) is -1.74. The van der Waals surface area contributed by atoms with Crippen molar-refractivity contribution in [2.75, 3.05) is 0 Å². The number of thioether (sulfide) groups is 1. The predicted octanol–water partition coefficient (Wildman–Crippen LogP) is 4.72. The molecule has 0 aromatic rings. The van der Waals surface area contributed by atoms with E-state index < -0.39 is 8.32 Å². The summed E-state index contributed by atoms with van der Waals surface area (Å²) in [6.07, 6.45) is 6.03. The number of hydrogen-bond donors (Lipinski definition) is 0. The highest BCUT2D eigenvalue weighted by molar-refractivity contribution is 8.01. The lowest BCUT2D eigenvalue weighted by Gasteiger charge is -2.42. The van der Waals surface area contributed by atoms with Crippen molar-refractivity contribution in [2.24, 2.45) is 0 Å². The highest BCUT2D eigenvalue weighted by Crippen LogP contribution is 2.55. The van der Waals surface area contributed by atoms with Crippen LogP contribution in [0.2, 0.25) is 18.1 Å². The molecule has 0 amide bonds. The first-order valence-electron chi connectivity index (χ1n) is 8.09. The third kappa shape index (κ3) is 3.67. The second-order valence-electron chi connectivity index (χ2n) is 8.02. The van der Waals surface area contributed by atoms with E-state index in [1.807, 2.05) is 11.8 Å². The molecule has 2 aliphatic rings. The molecular weight excluding hydrogens is 300 g/mol. The fourth-order valence-corrected chi connectivity index (χ4v) is 6.39. The van der Waals surface area contributed by atoms with E-state index in [4.69, 9.17) is 9.16 Å². The number of esters is 1. The van der Waals surface area contributed by atoms with E-state index >= 15 is 0 Å². The number of ether oxygens (including phenoxy) is 1. The zero-order chi connectivity index (χ0) is 15.9. The van der Waals surface area contributed by atoms with Gasteiger partial charge in [0.25, 0.3) is 0 Å². The summed E-state index contributed by atoms with van der Waals surface area (Å²) >= 11 is 1.86. The normalized spacial score (nSPS) is 33.6. The molecule has 3 nitrogen and oxygen atoms in total. The Balaban J connectivity index is 2.06. The molecule has 1 aliphatic heterocycles. The van der Waals surface area contributed by atoms with Crippen LogP contribution < -0.4 is 0 Å². The summed E-state index contributed by atoms with van der Waals surface area (Å²) in [6, 6.07) is 0. The van der Waals surface area contributed by atoms with E-state index in [0.717, 1.165) is 19.3 Å². The quantitative estimate of drug-likeness (QED) is 0.554. The molecule has 1 saturated carbocycles. The van der Waals surface area contributed by atoms with Crippen molar-refractivity contribution in [2.45, 2.75) is 94.2 Å². The fraction of sp³-hybridized carbons (Fsp3) is 0.938. The largest absolute Gasteiger partial charge is 0.451 e. The van der Waals surface area contributed by atoms with Crippen molar-refractivity contribution in [1.29, 1.82) is 0 Å². The second-order valence-corrected chi connectivity index (χ2v) is 14.4. The second kappa shape index (κ2) is 5.89. The summed E-state index contributed by atoms with van der Waals surface area (Å²) in [5.74, 6) is -0.163. The Labute approximate surface area is 134 Å². The fourth-order valence-electron chi connectivity index (χ4n) is 3.14. The molecule has 5 heteroatoms. The van der Waals surface area contributed by atoms with Crippen LogP contribution in [-0.4, -0.2) is 30.6 Å². The maximum absolute atomic E-state index is 11.2. The Morgan fingerprint density at radius 3 is 2.48 bits per heavy atom. The topological polar surface area (TPSA) is 35.5 Å². The average Bonchev–Trinajstić information content (AvgIpc) is 2.86. The Morgan fingerprint density at radius 1 is 1.24 bits per heavy atom. The third-order valence-electron chi connectivity index (χ3n) is 5.36. The summed E-state index contributed by atoms with van der Waals surface area (Å²) in [5.41, 5.74) is 0.0334. The summed E-state index contributed by atoms with van der Waals surface area (Å²) < 4.78 is 12.3. The zero-order valence-electron chi connectivity index (χ0n) is 14.3. The number of carbonyl (C=O) groups excluding carboxylic acids is 1. The first kappa shape index (κ1) is 17.4. The average molecular weight is 331 g/mol. The lowest BCUT2D eigenvalue weighted by atomic mass is 9.99.